The number of nitrogens with zero attached hydrogens (tertiary/aromatic N) is 1. The summed E-state index contributed by atoms with van der Waals surface area (Å²) in [4.78, 5) is 29.9. The lowest BCUT2D eigenvalue weighted by molar-refractivity contribution is -0.141. The number of benzene rings is 3. The Morgan fingerprint density at radius 2 is 1.57 bits per heavy atom. The molecule has 3 aromatic carbocycles. The summed E-state index contributed by atoms with van der Waals surface area (Å²) in [7, 11) is 0. The molecule has 8 heteroatoms. The van der Waals surface area contributed by atoms with Crippen molar-refractivity contribution in [1.29, 1.82) is 0 Å². The van der Waals surface area contributed by atoms with E-state index < -0.39 is 6.04 Å². The minimum Gasteiger partial charge on any atom is -0.352 e. The maximum atomic E-state index is 13.7. The zero-order valence-electron chi connectivity index (χ0n) is 20.9. The van der Waals surface area contributed by atoms with Crippen LogP contribution in [0.15, 0.2) is 77.7 Å². The van der Waals surface area contributed by atoms with Gasteiger partial charge in [-0.15, -0.1) is 11.8 Å². The Morgan fingerprint density at radius 1 is 0.919 bits per heavy atom. The summed E-state index contributed by atoms with van der Waals surface area (Å²) in [5.41, 5.74) is 1.59. The molecule has 2 amide bonds. The average Bonchev–Trinajstić information content (AvgIpc) is 2.89. The third-order valence-electron chi connectivity index (χ3n) is 6.06. The molecule has 0 saturated carbocycles. The monoisotopic (exact) mass is 576 g/mol. The van der Waals surface area contributed by atoms with Crippen LogP contribution >= 0.6 is 46.6 Å². The first-order chi connectivity index (χ1) is 17.8. The number of halogens is 3. The number of amides is 2. The van der Waals surface area contributed by atoms with Gasteiger partial charge in [-0.05, 0) is 55.3 Å². The van der Waals surface area contributed by atoms with Crippen molar-refractivity contribution >= 4 is 58.4 Å². The molecule has 0 bridgehead atoms. The maximum absolute atomic E-state index is 13.7. The molecule has 4 nitrogen and oxygen atoms in total. The molecule has 0 unspecified atom stereocenters. The summed E-state index contributed by atoms with van der Waals surface area (Å²) in [5, 5.41) is 4.66. The molecular weight excluding hydrogens is 547 g/mol. The minimum atomic E-state index is -0.725. The topological polar surface area (TPSA) is 49.4 Å². The van der Waals surface area contributed by atoms with Crippen LogP contribution in [0.1, 0.15) is 37.8 Å². The molecule has 0 saturated heterocycles. The molecule has 0 heterocycles. The van der Waals surface area contributed by atoms with Crippen molar-refractivity contribution in [3.05, 3.63) is 99.0 Å². The molecule has 0 aliphatic carbocycles. The maximum Gasteiger partial charge on any atom is 0.243 e. The summed E-state index contributed by atoms with van der Waals surface area (Å²) in [6, 6.07) is 21.7. The number of carbonyl (C=O) groups is 2. The number of carbonyl (C=O) groups excluding carboxylic acids is 2. The van der Waals surface area contributed by atoms with Crippen LogP contribution < -0.4 is 5.32 Å². The van der Waals surface area contributed by atoms with Crippen LogP contribution in [0.25, 0.3) is 0 Å². The van der Waals surface area contributed by atoms with Gasteiger partial charge in [0.2, 0.25) is 11.8 Å². The van der Waals surface area contributed by atoms with Crippen LogP contribution in [0.5, 0.6) is 0 Å². The molecule has 0 spiro atoms. The van der Waals surface area contributed by atoms with Gasteiger partial charge in [-0.1, -0.05) is 78.1 Å². The van der Waals surface area contributed by atoms with Crippen molar-refractivity contribution in [2.75, 3.05) is 5.75 Å². The van der Waals surface area contributed by atoms with E-state index in [4.69, 9.17) is 34.8 Å². The Labute approximate surface area is 238 Å². The first kappa shape index (κ1) is 29.4. The van der Waals surface area contributed by atoms with Crippen LogP contribution in [-0.2, 0) is 22.6 Å². The van der Waals surface area contributed by atoms with Crippen molar-refractivity contribution in [2.24, 2.45) is 0 Å². The van der Waals surface area contributed by atoms with Gasteiger partial charge in [0.05, 0.1) is 0 Å². The zero-order valence-corrected chi connectivity index (χ0v) is 24.0. The molecule has 2 atom stereocenters. The van der Waals surface area contributed by atoms with Crippen LogP contribution in [0.4, 0.5) is 0 Å². The molecule has 196 valence electrons. The minimum absolute atomic E-state index is 0.0212. The standard InChI is InChI=1S/C29H31Cl3N2O2S/c1-3-20(2)33-29(36)27(18-21-8-5-4-6-9-21)34(19-24-25(31)10-7-11-26(24)32)28(35)16-17-37-23-14-12-22(30)13-15-23/h4-15,20,27H,3,16-19H2,1-2H3,(H,33,36)/t20-,27-/m0/s1. The third kappa shape index (κ3) is 8.96. The van der Waals surface area contributed by atoms with Crippen molar-refractivity contribution < 1.29 is 9.59 Å². The number of thioether (sulfide) groups is 1. The van der Waals surface area contributed by atoms with E-state index in [9.17, 15) is 9.59 Å². The Kier molecular flexibility index (Phi) is 11.7. The first-order valence-corrected chi connectivity index (χ1v) is 14.4. The summed E-state index contributed by atoms with van der Waals surface area (Å²) >= 11 is 20.5. The number of hydrogen-bond acceptors (Lipinski definition) is 3. The highest BCUT2D eigenvalue weighted by Gasteiger charge is 2.31. The molecule has 1 N–H and O–H groups in total. The van der Waals surface area contributed by atoms with Gasteiger partial charge >= 0.3 is 0 Å². The second kappa shape index (κ2) is 14.7. The second-order valence-corrected chi connectivity index (χ2v) is 11.2. The Morgan fingerprint density at radius 3 is 2.19 bits per heavy atom. The predicted octanol–water partition coefficient (Wildman–Crippen LogP) is 7.68. The van der Waals surface area contributed by atoms with E-state index in [0.717, 1.165) is 16.9 Å². The molecule has 3 rings (SSSR count). The summed E-state index contributed by atoms with van der Waals surface area (Å²) in [5.74, 6) is 0.218. The van der Waals surface area contributed by atoms with Crippen LogP contribution in [0, 0.1) is 0 Å². The summed E-state index contributed by atoms with van der Waals surface area (Å²) < 4.78 is 0. The highest BCUT2D eigenvalue weighted by atomic mass is 35.5. The van der Waals surface area contributed by atoms with Crippen molar-refractivity contribution in [3.63, 3.8) is 0 Å². The van der Waals surface area contributed by atoms with Gasteiger partial charge in [-0.25, -0.2) is 0 Å². The average molecular weight is 578 g/mol. The second-order valence-electron chi connectivity index (χ2n) is 8.80. The van der Waals surface area contributed by atoms with Crippen LogP contribution in [0.3, 0.4) is 0 Å². The van der Waals surface area contributed by atoms with Gasteiger partial charge < -0.3 is 10.2 Å². The van der Waals surface area contributed by atoms with E-state index in [2.05, 4.69) is 5.32 Å². The zero-order chi connectivity index (χ0) is 26.8. The number of nitrogens with one attached hydrogen (secondary N) is 1. The van der Waals surface area contributed by atoms with E-state index in [1.807, 2.05) is 68.4 Å². The van der Waals surface area contributed by atoms with Gasteiger partial charge in [-0.2, -0.15) is 0 Å². The van der Waals surface area contributed by atoms with E-state index >= 15 is 0 Å². The fraction of sp³-hybridized carbons (Fsp3) is 0.310. The Bertz CT molecular complexity index is 1160. The quantitative estimate of drug-likeness (QED) is 0.225. The van der Waals surface area contributed by atoms with Crippen molar-refractivity contribution in [1.82, 2.24) is 10.2 Å². The van der Waals surface area contributed by atoms with Gasteiger partial charge in [0.1, 0.15) is 6.04 Å². The summed E-state index contributed by atoms with van der Waals surface area (Å²) in [6.07, 6.45) is 1.41. The molecule has 0 radical (unpaired) electrons. The van der Waals surface area contributed by atoms with Gasteiger partial charge in [0.15, 0.2) is 0 Å². The van der Waals surface area contributed by atoms with E-state index in [1.165, 1.54) is 0 Å². The predicted molar refractivity (Wildman–Crippen MR) is 156 cm³/mol. The van der Waals surface area contributed by atoms with E-state index in [0.29, 0.717) is 32.8 Å². The number of rotatable bonds is 12. The highest BCUT2D eigenvalue weighted by molar-refractivity contribution is 7.99. The lowest BCUT2D eigenvalue weighted by atomic mass is 10.0. The van der Waals surface area contributed by atoms with Crippen LogP contribution in [-0.4, -0.2) is 34.6 Å². The van der Waals surface area contributed by atoms with Crippen molar-refractivity contribution in [3.8, 4) is 0 Å². The molecule has 0 aliphatic rings. The fourth-order valence-corrected chi connectivity index (χ4v) is 5.26. The first-order valence-electron chi connectivity index (χ1n) is 12.2. The Balaban J connectivity index is 1.90. The lowest BCUT2D eigenvalue weighted by Crippen LogP contribution is -2.52. The molecule has 0 fully saturated rings. The largest absolute Gasteiger partial charge is 0.352 e. The summed E-state index contributed by atoms with van der Waals surface area (Å²) in [6.45, 7) is 4.10. The molecule has 3 aromatic rings. The van der Waals surface area contributed by atoms with Crippen LogP contribution in [0.2, 0.25) is 15.1 Å². The fourth-order valence-electron chi connectivity index (χ4n) is 3.78. The third-order valence-corrected chi connectivity index (χ3v) is 8.03. The van der Waals surface area contributed by atoms with E-state index in [1.54, 1.807) is 34.9 Å². The highest BCUT2D eigenvalue weighted by Crippen LogP contribution is 2.28. The normalized spacial score (nSPS) is 12.6. The van der Waals surface area contributed by atoms with E-state index in [-0.39, 0.29) is 30.8 Å². The van der Waals surface area contributed by atoms with Gasteiger partial charge in [0.25, 0.3) is 0 Å². The SMILES string of the molecule is CC[C@H](C)NC(=O)[C@H](Cc1ccccc1)N(Cc1c(Cl)cccc1Cl)C(=O)CCSc1ccc(Cl)cc1. The Hall–Kier alpha value is -2.18. The number of hydrogen-bond donors (Lipinski definition) is 1. The smallest absolute Gasteiger partial charge is 0.243 e. The molecular formula is C29H31Cl3N2O2S. The van der Waals surface area contributed by atoms with Crippen molar-refractivity contribution in [2.45, 2.75) is 56.6 Å². The lowest BCUT2D eigenvalue weighted by Gasteiger charge is -2.33. The van der Waals surface area contributed by atoms with Gasteiger partial charge in [0, 0.05) is 56.7 Å². The molecule has 0 aliphatic heterocycles. The molecule has 37 heavy (non-hydrogen) atoms. The van der Waals surface area contributed by atoms with Gasteiger partial charge in [-0.3, -0.25) is 9.59 Å². The molecule has 0 aromatic heterocycles.